The van der Waals surface area contributed by atoms with E-state index in [9.17, 15) is 9.59 Å². The van der Waals surface area contributed by atoms with E-state index in [1.54, 1.807) is 43.6 Å². The molecule has 0 aliphatic heterocycles. The lowest BCUT2D eigenvalue weighted by Gasteiger charge is -2.09. The lowest BCUT2D eigenvalue weighted by molar-refractivity contribution is 0.0526. The zero-order valence-electron chi connectivity index (χ0n) is 12.2. The summed E-state index contributed by atoms with van der Waals surface area (Å²) in [5.74, 6) is -0.414. The fourth-order valence-electron chi connectivity index (χ4n) is 1.80. The Balaban J connectivity index is 1.91. The number of amides is 2. The first kappa shape index (κ1) is 15.5. The van der Waals surface area contributed by atoms with Crippen LogP contribution in [0.2, 0.25) is 0 Å². The summed E-state index contributed by atoms with van der Waals surface area (Å²) >= 11 is 0. The number of benzene rings is 1. The average Bonchev–Trinajstić information content (AvgIpc) is 2.54. The number of hydrogen-bond donors (Lipinski definition) is 2. The fourth-order valence-corrected chi connectivity index (χ4v) is 1.80. The minimum Gasteiger partial charge on any atom is -0.462 e. The Morgan fingerprint density at radius 3 is 2.68 bits per heavy atom. The number of esters is 1. The van der Waals surface area contributed by atoms with Crippen molar-refractivity contribution < 1.29 is 14.3 Å². The molecular weight excluding hydrogens is 282 g/mol. The molecule has 0 fully saturated rings. The monoisotopic (exact) mass is 299 g/mol. The molecule has 0 saturated carbocycles. The normalized spacial score (nSPS) is 9.86. The Hall–Kier alpha value is -2.89. The van der Waals surface area contributed by atoms with Crippen molar-refractivity contribution in [3.05, 3.63) is 59.9 Å². The number of anilines is 1. The van der Waals surface area contributed by atoms with Crippen molar-refractivity contribution >= 4 is 17.7 Å². The van der Waals surface area contributed by atoms with E-state index < -0.39 is 5.97 Å². The number of rotatable bonds is 5. The first-order chi connectivity index (χ1) is 10.7. The summed E-state index contributed by atoms with van der Waals surface area (Å²) in [7, 11) is 0. The number of pyridine rings is 1. The van der Waals surface area contributed by atoms with Gasteiger partial charge in [-0.2, -0.15) is 0 Å². The van der Waals surface area contributed by atoms with Gasteiger partial charge in [0, 0.05) is 24.6 Å². The van der Waals surface area contributed by atoms with Gasteiger partial charge in [-0.25, -0.2) is 9.59 Å². The molecule has 1 aromatic carbocycles. The molecule has 0 aliphatic rings. The molecule has 0 aliphatic carbocycles. The zero-order chi connectivity index (χ0) is 15.8. The van der Waals surface area contributed by atoms with Crippen LogP contribution in [-0.2, 0) is 11.3 Å². The predicted molar refractivity (Wildman–Crippen MR) is 82.5 cm³/mol. The molecule has 0 bridgehead atoms. The molecule has 6 nitrogen and oxygen atoms in total. The second kappa shape index (κ2) is 7.78. The van der Waals surface area contributed by atoms with Crippen LogP contribution >= 0.6 is 0 Å². The number of ether oxygens (including phenoxy) is 1. The van der Waals surface area contributed by atoms with Gasteiger partial charge in [0.2, 0.25) is 0 Å². The fraction of sp³-hybridized carbons (Fsp3) is 0.188. The average molecular weight is 299 g/mol. The van der Waals surface area contributed by atoms with Crippen LogP contribution in [0.1, 0.15) is 22.8 Å². The van der Waals surface area contributed by atoms with Gasteiger partial charge in [0.1, 0.15) is 0 Å². The van der Waals surface area contributed by atoms with Crippen LogP contribution in [0.4, 0.5) is 10.5 Å². The molecule has 1 aromatic heterocycles. The maximum atomic E-state index is 11.8. The molecule has 114 valence electrons. The smallest absolute Gasteiger partial charge is 0.338 e. The largest absolute Gasteiger partial charge is 0.462 e. The van der Waals surface area contributed by atoms with Crippen molar-refractivity contribution in [3.8, 4) is 0 Å². The zero-order valence-corrected chi connectivity index (χ0v) is 12.2. The number of aromatic nitrogens is 1. The van der Waals surface area contributed by atoms with Crippen molar-refractivity contribution in [2.24, 2.45) is 0 Å². The first-order valence-corrected chi connectivity index (χ1v) is 6.90. The van der Waals surface area contributed by atoms with Gasteiger partial charge >= 0.3 is 12.0 Å². The minimum absolute atomic E-state index is 0.308. The van der Waals surface area contributed by atoms with Crippen LogP contribution in [-0.4, -0.2) is 23.6 Å². The summed E-state index contributed by atoms with van der Waals surface area (Å²) in [5, 5.41) is 5.40. The summed E-state index contributed by atoms with van der Waals surface area (Å²) in [6, 6.07) is 9.89. The van der Waals surface area contributed by atoms with Gasteiger partial charge in [0.05, 0.1) is 12.2 Å². The molecule has 2 amide bonds. The van der Waals surface area contributed by atoms with Gasteiger partial charge in [-0.05, 0) is 42.8 Å². The summed E-state index contributed by atoms with van der Waals surface area (Å²) < 4.78 is 4.92. The van der Waals surface area contributed by atoms with Crippen LogP contribution < -0.4 is 10.6 Å². The van der Waals surface area contributed by atoms with E-state index in [4.69, 9.17) is 4.74 Å². The van der Waals surface area contributed by atoms with E-state index in [0.29, 0.717) is 24.4 Å². The lowest BCUT2D eigenvalue weighted by atomic mass is 10.2. The Labute approximate surface area is 128 Å². The van der Waals surface area contributed by atoms with Crippen LogP contribution in [0.15, 0.2) is 48.8 Å². The SMILES string of the molecule is CCOC(=O)c1cccc(NC(=O)NCc2ccncc2)c1. The van der Waals surface area contributed by atoms with Crippen LogP contribution in [0.5, 0.6) is 0 Å². The molecule has 0 atom stereocenters. The van der Waals surface area contributed by atoms with E-state index in [2.05, 4.69) is 15.6 Å². The molecule has 0 unspecified atom stereocenters. The minimum atomic E-state index is -0.414. The highest BCUT2D eigenvalue weighted by molar-refractivity contribution is 5.93. The maximum absolute atomic E-state index is 11.8. The molecule has 22 heavy (non-hydrogen) atoms. The molecule has 0 saturated heterocycles. The molecule has 2 aromatic rings. The van der Waals surface area contributed by atoms with Crippen LogP contribution in [0, 0.1) is 0 Å². The van der Waals surface area contributed by atoms with Gasteiger partial charge in [-0.3, -0.25) is 4.98 Å². The van der Waals surface area contributed by atoms with E-state index in [-0.39, 0.29) is 6.03 Å². The summed E-state index contributed by atoms with van der Waals surface area (Å²) in [6.07, 6.45) is 3.33. The Morgan fingerprint density at radius 1 is 1.18 bits per heavy atom. The number of hydrogen-bond acceptors (Lipinski definition) is 4. The molecular formula is C16H17N3O3. The third-order valence-electron chi connectivity index (χ3n) is 2.83. The summed E-state index contributed by atoms with van der Waals surface area (Å²) in [5.41, 5.74) is 1.87. The molecule has 6 heteroatoms. The Morgan fingerprint density at radius 2 is 1.95 bits per heavy atom. The maximum Gasteiger partial charge on any atom is 0.338 e. The van der Waals surface area contributed by atoms with Crippen LogP contribution in [0.3, 0.4) is 0 Å². The Kier molecular flexibility index (Phi) is 5.48. The van der Waals surface area contributed by atoms with Gasteiger partial charge < -0.3 is 15.4 Å². The third kappa shape index (κ3) is 4.59. The predicted octanol–water partition coefficient (Wildman–Crippen LogP) is 2.58. The highest BCUT2D eigenvalue weighted by Gasteiger charge is 2.08. The number of nitrogens with one attached hydrogen (secondary N) is 2. The number of nitrogens with zero attached hydrogens (tertiary/aromatic N) is 1. The quantitative estimate of drug-likeness (QED) is 0.832. The van der Waals surface area contributed by atoms with Crippen molar-refractivity contribution in [3.63, 3.8) is 0 Å². The molecule has 0 radical (unpaired) electrons. The summed E-state index contributed by atoms with van der Waals surface area (Å²) in [4.78, 5) is 27.4. The second-order valence-corrected chi connectivity index (χ2v) is 4.46. The van der Waals surface area contributed by atoms with Crippen molar-refractivity contribution in [1.82, 2.24) is 10.3 Å². The highest BCUT2D eigenvalue weighted by Crippen LogP contribution is 2.11. The van der Waals surface area contributed by atoms with Gasteiger partial charge in [0.25, 0.3) is 0 Å². The molecule has 0 spiro atoms. The van der Waals surface area contributed by atoms with E-state index >= 15 is 0 Å². The van der Waals surface area contributed by atoms with E-state index in [0.717, 1.165) is 5.56 Å². The molecule has 2 rings (SSSR count). The second-order valence-electron chi connectivity index (χ2n) is 4.46. The van der Waals surface area contributed by atoms with E-state index in [1.807, 2.05) is 12.1 Å². The standard InChI is InChI=1S/C16H17N3O3/c1-2-22-15(20)13-4-3-5-14(10-13)19-16(21)18-11-12-6-8-17-9-7-12/h3-10H,2,11H2,1H3,(H2,18,19,21). The van der Waals surface area contributed by atoms with E-state index in [1.165, 1.54) is 0 Å². The molecule has 1 heterocycles. The number of carbonyl (C=O) groups is 2. The van der Waals surface area contributed by atoms with Crippen molar-refractivity contribution in [2.75, 3.05) is 11.9 Å². The summed E-state index contributed by atoms with van der Waals surface area (Å²) in [6.45, 7) is 2.45. The first-order valence-electron chi connectivity index (χ1n) is 6.90. The number of urea groups is 1. The lowest BCUT2D eigenvalue weighted by Crippen LogP contribution is -2.28. The molecule has 2 N–H and O–H groups in total. The number of carbonyl (C=O) groups excluding carboxylic acids is 2. The third-order valence-corrected chi connectivity index (χ3v) is 2.83. The highest BCUT2D eigenvalue weighted by atomic mass is 16.5. The van der Waals surface area contributed by atoms with Gasteiger partial charge in [-0.15, -0.1) is 0 Å². The van der Waals surface area contributed by atoms with Crippen LogP contribution in [0.25, 0.3) is 0 Å². The van der Waals surface area contributed by atoms with Crippen molar-refractivity contribution in [1.29, 1.82) is 0 Å². The topological polar surface area (TPSA) is 80.3 Å². The van der Waals surface area contributed by atoms with Gasteiger partial charge in [0.15, 0.2) is 0 Å². The van der Waals surface area contributed by atoms with Gasteiger partial charge in [-0.1, -0.05) is 6.07 Å². The Bertz CT molecular complexity index is 644. The van der Waals surface area contributed by atoms with Crippen molar-refractivity contribution in [2.45, 2.75) is 13.5 Å².